The highest BCUT2D eigenvalue weighted by molar-refractivity contribution is 5.75. The lowest BCUT2D eigenvalue weighted by molar-refractivity contribution is -0.143. The third-order valence-corrected chi connectivity index (χ3v) is 4.99. The number of amides is 2. The normalized spacial score (nSPS) is 34.6. The molecule has 2 fully saturated rings. The minimum Gasteiger partial charge on any atom is -0.481 e. The van der Waals surface area contributed by atoms with Crippen LogP contribution in [-0.4, -0.2) is 40.6 Å². The fourth-order valence-electron chi connectivity index (χ4n) is 3.42. The molecule has 5 nitrogen and oxygen atoms in total. The second-order valence-corrected chi connectivity index (χ2v) is 6.40. The van der Waals surface area contributed by atoms with E-state index in [1.807, 2.05) is 4.90 Å². The number of hydrogen-bond acceptors (Lipinski definition) is 2. The number of carboxylic acids is 1. The molecule has 4 atom stereocenters. The highest BCUT2D eigenvalue weighted by Gasteiger charge is 2.32. The van der Waals surface area contributed by atoms with Gasteiger partial charge in [0.2, 0.25) is 0 Å². The molecule has 2 aliphatic rings. The van der Waals surface area contributed by atoms with Gasteiger partial charge >= 0.3 is 12.0 Å². The van der Waals surface area contributed by atoms with Crippen LogP contribution >= 0.6 is 0 Å². The maximum absolute atomic E-state index is 12.4. The van der Waals surface area contributed by atoms with E-state index in [0.717, 1.165) is 32.2 Å². The molecule has 1 heterocycles. The van der Waals surface area contributed by atoms with Crippen LogP contribution in [0, 0.1) is 11.8 Å². The van der Waals surface area contributed by atoms with Gasteiger partial charge in [-0.25, -0.2) is 4.79 Å². The van der Waals surface area contributed by atoms with E-state index in [9.17, 15) is 9.59 Å². The van der Waals surface area contributed by atoms with Crippen LogP contribution in [0.2, 0.25) is 0 Å². The lowest BCUT2D eigenvalue weighted by Gasteiger charge is -2.39. The highest BCUT2D eigenvalue weighted by Crippen LogP contribution is 2.26. The summed E-state index contributed by atoms with van der Waals surface area (Å²) in [6, 6.07) is 0.268. The Balaban J connectivity index is 1.89. The molecule has 1 aliphatic heterocycles. The lowest BCUT2D eigenvalue weighted by Crippen LogP contribution is -2.53. The number of hydrogen-bond donors (Lipinski definition) is 2. The molecule has 114 valence electrons. The van der Waals surface area contributed by atoms with Gasteiger partial charge in [0.25, 0.3) is 0 Å². The summed E-state index contributed by atoms with van der Waals surface area (Å²) in [7, 11) is 0. The average Bonchev–Trinajstić information content (AvgIpc) is 2.42. The average molecular weight is 282 g/mol. The highest BCUT2D eigenvalue weighted by atomic mass is 16.4. The number of urea groups is 1. The SMILES string of the molecule is CC1CCCN(C(=O)NC2CCCC(C(=O)O)C2)C1C. The number of carboxylic acid groups (broad SMARTS) is 1. The van der Waals surface area contributed by atoms with Gasteiger partial charge in [-0.15, -0.1) is 0 Å². The van der Waals surface area contributed by atoms with Crippen molar-refractivity contribution in [1.29, 1.82) is 0 Å². The van der Waals surface area contributed by atoms with E-state index in [4.69, 9.17) is 5.11 Å². The zero-order valence-electron chi connectivity index (χ0n) is 12.5. The van der Waals surface area contributed by atoms with Crippen molar-refractivity contribution in [3.05, 3.63) is 0 Å². The van der Waals surface area contributed by atoms with Gasteiger partial charge in [-0.05, 0) is 44.9 Å². The zero-order valence-corrected chi connectivity index (χ0v) is 12.5. The molecule has 1 aliphatic carbocycles. The molecule has 0 bridgehead atoms. The summed E-state index contributed by atoms with van der Waals surface area (Å²) in [5.74, 6) is -0.497. The summed E-state index contributed by atoms with van der Waals surface area (Å²) in [6.07, 6.45) is 5.32. The van der Waals surface area contributed by atoms with Crippen LogP contribution in [0.15, 0.2) is 0 Å². The Bertz CT molecular complexity index is 372. The van der Waals surface area contributed by atoms with Crippen LogP contribution in [-0.2, 0) is 4.79 Å². The Labute approximate surface area is 120 Å². The number of nitrogens with one attached hydrogen (secondary N) is 1. The minimum atomic E-state index is -0.732. The number of rotatable bonds is 2. The van der Waals surface area contributed by atoms with Gasteiger partial charge in [0, 0.05) is 18.6 Å². The van der Waals surface area contributed by atoms with Gasteiger partial charge in [-0.2, -0.15) is 0 Å². The maximum atomic E-state index is 12.4. The first-order valence-electron chi connectivity index (χ1n) is 7.79. The van der Waals surface area contributed by atoms with Crippen molar-refractivity contribution in [3.8, 4) is 0 Å². The monoisotopic (exact) mass is 282 g/mol. The van der Waals surface area contributed by atoms with Gasteiger partial charge in [0.05, 0.1) is 5.92 Å². The van der Waals surface area contributed by atoms with Crippen LogP contribution in [0.5, 0.6) is 0 Å². The predicted octanol–water partition coefficient (Wildman–Crippen LogP) is 2.46. The summed E-state index contributed by atoms with van der Waals surface area (Å²) in [6.45, 7) is 5.10. The smallest absolute Gasteiger partial charge is 0.317 e. The van der Waals surface area contributed by atoms with Gasteiger partial charge in [0.15, 0.2) is 0 Å². The fourth-order valence-corrected chi connectivity index (χ4v) is 3.42. The Morgan fingerprint density at radius 2 is 1.90 bits per heavy atom. The molecular weight excluding hydrogens is 256 g/mol. The van der Waals surface area contributed by atoms with Crippen LogP contribution in [0.25, 0.3) is 0 Å². The number of likely N-dealkylation sites (tertiary alicyclic amines) is 1. The van der Waals surface area contributed by atoms with Gasteiger partial charge < -0.3 is 15.3 Å². The van der Waals surface area contributed by atoms with Gasteiger partial charge in [-0.3, -0.25) is 4.79 Å². The van der Waals surface area contributed by atoms with Crippen molar-refractivity contribution >= 4 is 12.0 Å². The summed E-state index contributed by atoms with van der Waals surface area (Å²) >= 11 is 0. The summed E-state index contributed by atoms with van der Waals surface area (Å²) < 4.78 is 0. The minimum absolute atomic E-state index is 0.0138. The van der Waals surface area contributed by atoms with E-state index in [-0.39, 0.29) is 24.0 Å². The van der Waals surface area contributed by atoms with Crippen LogP contribution in [0.1, 0.15) is 52.4 Å². The van der Waals surface area contributed by atoms with E-state index in [1.54, 1.807) is 0 Å². The van der Waals surface area contributed by atoms with Gasteiger partial charge in [0.1, 0.15) is 0 Å². The number of aliphatic carboxylic acids is 1. The van der Waals surface area contributed by atoms with Crippen molar-refractivity contribution in [3.63, 3.8) is 0 Å². The molecule has 0 aromatic heterocycles. The molecular formula is C15H26N2O3. The second kappa shape index (κ2) is 6.46. The topological polar surface area (TPSA) is 69.6 Å². The summed E-state index contributed by atoms with van der Waals surface area (Å²) in [5, 5.41) is 12.1. The second-order valence-electron chi connectivity index (χ2n) is 6.40. The maximum Gasteiger partial charge on any atom is 0.317 e. The number of nitrogens with zero attached hydrogens (tertiary/aromatic N) is 1. The van der Waals surface area contributed by atoms with E-state index >= 15 is 0 Å². The molecule has 0 aromatic rings. The molecule has 5 heteroatoms. The molecule has 20 heavy (non-hydrogen) atoms. The number of carbonyl (C=O) groups excluding carboxylic acids is 1. The Hall–Kier alpha value is -1.26. The molecule has 4 unspecified atom stereocenters. The Kier molecular flexibility index (Phi) is 4.89. The van der Waals surface area contributed by atoms with E-state index in [2.05, 4.69) is 19.2 Å². The lowest BCUT2D eigenvalue weighted by atomic mass is 9.86. The molecule has 0 aromatic carbocycles. The third-order valence-electron chi connectivity index (χ3n) is 4.99. The molecule has 2 amide bonds. The summed E-state index contributed by atoms with van der Waals surface area (Å²) in [5.41, 5.74) is 0. The first-order chi connectivity index (χ1) is 9.49. The van der Waals surface area contributed by atoms with Crippen LogP contribution in [0.4, 0.5) is 4.79 Å². The van der Waals surface area contributed by atoms with Crippen LogP contribution < -0.4 is 5.32 Å². The van der Waals surface area contributed by atoms with Crippen molar-refractivity contribution in [1.82, 2.24) is 10.2 Å². The molecule has 2 N–H and O–H groups in total. The van der Waals surface area contributed by atoms with E-state index in [1.165, 1.54) is 6.42 Å². The Morgan fingerprint density at radius 3 is 2.60 bits per heavy atom. The van der Waals surface area contributed by atoms with E-state index in [0.29, 0.717) is 12.3 Å². The fraction of sp³-hybridized carbons (Fsp3) is 0.867. The Morgan fingerprint density at radius 1 is 1.15 bits per heavy atom. The standard InChI is InChI=1S/C15H26N2O3/c1-10-5-4-8-17(11(10)2)15(20)16-13-7-3-6-12(9-13)14(18)19/h10-13H,3-9H2,1-2H3,(H,16,20)(H,18,19). The molecule has 1 saturated carbocycles. The summed E-state index contributed by atoms with van der Waals surface area (Å²) in [4.78, 5) is 25.3. The zero-order chi connectivity index (χ0) is 14.7. The molecule has 2 rings (SSSR count). The first-order valence-corrected chi connectivity index (χ1v) is 7.79. The first kappa shape index (κ1) is 15.1. The van der Waals surface area contributed by atoms with Crippen LogP contribution in [0.3, 0.4) is 0 Å². The molecule has 1 saturated heterocycles. The van der Waals surface area contributed by atoms with E-state index < -0.39 is 5.97 Å². The predicted molar refractivity (Wildman–Crippen MR) is 76.5 cm³/mol. The quantitative estimate of drug-likeness (QED) is 0.817. The third kappa shape index (κ3) is 3.44. The number of piperidine rings is 1. The van der Waals surface area contributed by atoms with Crippen molar-refractivity contribution in [2.45, 2.75) is 64.5 Å². The largest absolute Gasteiger partial charge is 0.481 e. The van der Waals surface area contributed by atoms with Crippen molar-refractivity contribution in [2.75, 3.05) is 6.54 Å². The van der Waals surface area contributed by atoms with Crippen molar-refractivity contribution in [2.24, 2.45) is 11.8 Å². The molecule has 0 spiro atoms. The number of carbonyl (C=O) groups is 2. The van der Waals surface area contributed by atoms with Gasteiger partial charge in [-0.1, -0.05) is 13.3 Å². The van der Waals surface area contributed by atoms with Crippen molar-refractivity contribution < 1.29 is 14.7 Å². The molecule has 0 radical (unpaired) electrons.